The molecule has 0 bridgehead atoms. The van der Waals surface area contributed by atoms with Crippen LogP contribution in [-0.4, -0.2) is 11.5 Å². The zero-order valence-corrected chi connectivity index (χ0v) is 9.76. The van der Waals surface area contributed by atoms with Gasteiger partial charge in [0.2, 0.25) is 0 Å². The summed E-state index contributed by atoms with van der Waals surface area (Å²) in [4.78, 5) is 4.13. The third-order valence-corrected chi connectivity index (χ3v) is 2.47. The van der Waals surface area contributed by atoms with E-state index in [1.54, 1.807) is 18.3 Å². The van der Waals surface area contributed by atoms with E-state index in [0.717, 1.165) is 0 Å². The van der Waals surface area contributed by atoms with Crippen molar-refractivity contribution in [2.45, 2.75) is 0 Å². The van der Waals surface area contributed by atoms with Gasteiger partial charge in [0.1, 0.15) is 0 Å². The molecule has 2 aromatic rings. The van der Waals surface area contributed by atoms with Gasteiger partial charge in [-0.1, -0.05) is 18.2 Å². The van der Waals surface area contributed by atoms with Gasteiger partial charge >= 0.3 is 0 Å². The van der Waals surface area contributed by atoms with Crippen molar-refractivity contribution in [3.05, 3.63) is 41.8 Å². The second-order valence-electron chi connectivity index (χ2n) is 3.59. The zero-order valence-electron chi connectivity index (χ0n) is 9.00. The summed E-state index contributed by atoms with van der Waals surface area (Å²) in [5.74, 6) is -0.452. The normalized spacial score (nSPS) is 10.5. The van der Waals surface area contributed by atoms with Crippen LogP contribution in [0.5, 0.6) is 0 Å². The topological polar surface area (TPSA) is 50.9 Å². The van der Waals surface area contributed by atoms with Crippen LogP contribution < -0.4 is 11.1 Å². The molecule has 0 aliphatic carbocycles. The fourth-order valence-corrected chi connectivity index (χ4v) is 1.66. The Morgan fingerprint density at radius 3 is 3.06 bits per heavy atom. The number of aromatic nitrogens is 1. The third kappa shape index (κ3) is 2.31. The van der Waals surface area contributed by atoms with Gasteiger partial charge in [-0.15, -0.1) is 0 Å². The summed E-state index contributed by atoms with van der Waals surface area (Å²) in [6.45, 7) is 3.80. The van der Waals surface area contributed by atoms with Crippen LogP contribution in [0.25, 0.3) is 10.9 Å². The van der Waals surface area contributed by atoms with Gasteiger partial charge < -0.3 is 11.1 Å². The number of rotatable bonds is 3. The Hall–Kier alpha value is -1.81. The minimum absolute atomic E-state index is 0.272. The average Bonchev–Trinajstić information content (AvgIpc) is 2.28. The molecule has 1 aromatic heterocycles. The maximum Gasteiger partial charge on any atom is 0.150 e. The van der Waals surface area contributed by atoms with Crippen molar-refractivity contribution in [3.8, 4) is 0 Å². The number of benzene rings is 1. The molecule has 17 heavy (non-hydrogen) atoms. The Kier molecular flexibility index (Phi) is 3.15. The molecule has 1 aromatic carbocycles. The van der Waals surface area contributed by atoms with Crippen LogP contribution in [0.4, 0.5) is 15.8 Å². The van der Waals surface area contributed by atoms with Gasteiger partial charge in [0, 0.05) is 22.3 Å². The third-order valence-electron chi connectivity index (χ3n) is 2.33. The van der Waals surface area contributed by atoms with Crippen molar-refractivity contribution in [3.63, 3.8) is 0 Å². The first kappa shape index (κ1) is 11.7. The monoisotopic (exact) mass is 251 g/mol. The number of nitrogens with zero attached hydrogens (tertiary/aromatic N) is 1. The molecule has 3 N–H and O–H groups in total. The molecule has 2 rings (SSSR count). The smallest absolute Gasteiger partial charge is 0.150 e. The van der Waals surface area contributed by atoms with Crippen molar-refractivity contribution in [1.82, 2.24) is 4.98 Å². The quantitative estimate of drug-likeness (QED) is 0.824. The molecule has 0 unspecified atom stereocenters. The van der Waals surface area contributed by atoms with E-state index in [1.165, 1.54) is 6.07 Å². The van der Waals surface area contributed by atoms with E-state index in [4.69, 9.17) is 17.3 Å². The van der Waals surface area contributed by atoms with Crippen LogP contribution in [0.1, 0.15) is 0 Å². The summed E-state index contributed by atoms with van der Waals surface area (Å²) in [6, 6.07) is 4.81. The predicted molar refractivity (Wildman–Crippen MR) is 69.6 cm³/mol. The van der Waals surface area contributed by atoms with Gasteiger partial charge in [-0.25, -0.2) is 4.39 Å². The lowest BCUT2D eigenvalue weighted by atomic mass is 10.1. The van der Waals surface area contributed by atoms with Gasteiger partial charge in [-0.2, -0.15) is 0 Å². The fraction of sp³-hybridized carbons (Fsp3) is 0.0833. The van der Waals surface area contributed by atoms with E-state index in [9.17, 15) is 4.39 Å². The molecule has 0 aliphatic rings. The molecule has 0 amide bonds. The lowest BCUT2D eigenvalue weighted by Gasteiger charge is -2.11. The second-order valence-corrected chi connectivity index (χ2v) is 4.13. The number of fused-ring (bicyclic) bond motifs is 1. The maximum absolute atomic E-state index is 13.8. The summed E-state index contributed by atoms with van der Waals surface area (Å²) in [5, 5.41) is 3.96. The highest BCUT2D eigenvalue weighted by Gasteiger charge is 2.11. The number of pyridine rings is 1. The van der Waals surface area contributed by atoms with Crippen molar-refractivity contribution in [2.24, 2.45) is 0 Å². The summed E-state index contributed by atoms with van der Waals surface area (Å²) in [6.07, 6.45) is 1.59. The van der Waals surface area contributed by atoms with Crippen molar-refractivity contribution >= 4 is 33.9 Å². The van der Waals surface area contributed by atoms with Gasteiger partial charge in [0.05, 0.1) is 17.7 Å². The molecule has 0 fully saturated rings. The van der Waals surface area contributed by atoms with E-state index >= 15 is 0 Å². The van der Waals surface area contributed by atoms with Gasteiger partial charge in [-0.3, -0.25) is 4.98 Å². The molecular weight excluding hydrogens is 241 g/mol. The Labute approximate surface area is 103 Å². The van der Waals surface area contributed by atoms with Gasteiger partial charge in [-0.05, 0) is 18.2 Å². The van der Waals surface area contributed by atoms with E-state index in [-0.39, 0.29) is 12.2 Å². The standard InChI is InChI=1S/C12H11ClFN3/c1-7(13)6-17-12-9(14)5-10(15)8-3-2-4-16-11(8)12/h2-5,17H,1,6,15H2. The highest BCUT2D eigenvalue weighted by molar-refractivity contribution is 6.29. The molecule has 0 aliphatic heterocycles. The van der Waals surface area contributed by atoms with Crippen LogP contribution in [0.3, 0.4) is 0 Å². The number of nitrogen functional groups attached to an aromatic ring is 1. The molecule has 0 atom stereocenters. The first-order valence-corrected chi connectivity index (χ1v) is 5.37. The first-order valence-electron chi connectivity index (χ1n) is 4.99. The SMILES string of the molecule is C=C(Cl)CNc1c(F)cc(N)c2cccnc12. The Balaban J connectivity index is 2.57. The van der Waals surface area contributed by atoms with Gasteiger partial charge in [0.15, 0.2) is 5.82 Å². The highest BCUT2D eigenvalue weighted by atomic mass is 35.5. The minimum atomic E-state index is -0.452. The molecule has 0 spiro atoms. The molecule has 3 nitrogen and oxygen atoms in total. The number of nitrogens with two attached hydrogens (primary N) is 1. The highest BCUT2D eigenvalue weighted by Crippen LogP contribution is 2.29. The molecule has 0 saturated heterocycles. The lowest BCUT2D eigenvalue weighted by molar-refractivity contribution is 0.633. The Morgan fingerprint density at radius 1 is 1.59 bits per heavy atom. The van der Waals surface area contributed by atoms with E-state index in [2.05, 4.69) is 16.9 Å². The average molecular weight is 252 g/mol. The summed E-state index contributed by atoms with van der Waals surface area (Å²) in [5.41, 5.74) is 6.87. The van der Waals surface area contributed by atoms with Crippen LogP contribution in [-0.2, 0) is 0 Å². The first-order chi connectivity index (χ1) is 8.09. The largest absolute Gasteiger partial charge is 0.398 e. The molecule has 0 saturated carbocycles. The number of nitrogens with one attached hydrogen (secondary N) is 1. The number of anilines is 2. The van der Waals surface area contributed by atoms with Crippen molar-refractivity contribution < 1.29 is 4.39 Å². The summed E-state index contributed by atoms with van der Waals surface area (Å²) >= 11 is 5.64. The number of hydrogen-bond acceptors (Lipinski definition) is 3. The maximum atomic E-state index is 13.8. The molecular formula is C12H11ClFN3. The molecule has 5 heteroatoms. The number of hydrogen-bond donors (Lipinski definition) is 2. The molecule has 88 valence electrons. The fourth-order valence-electron chi connectivity index (χ4n) is 1.59. The van der Waals surface area contributed by atoms with Crippen LogP contribution in [0, 0.1) is 5.82 Å². The minimum Gasteiger partial charge on any atom is -0.398 e. The van der Waals surface area contributed by atoms with Crippen molar-refractivity contribution in [1.29, 1.82) is 0 Å². The van der Waals surface area contributed by atoms with Crippen LogP contribution in [0.15, 0.2) is 36.0 Å². The Bertz CT molecular complexity index is 583. The number of halogens is 2. The van der Waals surface area contributed by atoms with E-state index in [1.807, 2.05) is 0 Å². The van der Waals surface area contributed by atoms with Gasteiger partial charge in [0.25, 0.3) is 0 Å². The summed E-state index contributed by atoms with van der Waals surface area (Å²) in [7, 11) is 0. The van der Waals surface area contributed by atoms with Crippen molar-refractivity contribution in [2.75, 3.05) is 17.6 Å². The predicted octanol–water partition coefficient (Wildman–Crippen LogP) is 3.12. The molecule has 1 heterocycles. The van der Waals surface area contributed by atoms with Crippen LogP contribution in [0.2, 0.25) is 0 Å². The second kappa shape index (κ2) is 4.59. The molecule has 0 radical (unpaired) electrons. The van der Waals surface area contributed by atoms with Crippen LogP contribution >= 0.6 is 11.6 Å². The Morgan fingerprint density at radius 2 is 2.35 bits per heavy atom. The zero-order chi connectivity index (χ0) is 12.4. The lowest BCUT2D eigenvalue weighted by Crippen LogP contribution is -2.05. The van der Waals surface area contributed by atoms with E-state index < -0.39 is 5.82 Å². The summed E-state index contributed by atoms with van der Waals surface area (Å²) < 4.78 is 13.8. The van der Waals surface area contributed by atoms with E-state index in [0.29, 0.717) is 21.6 Å².